The first-order valence-corrected chi connectivity index (χ1v) is 5.85. The molecule has 0 saturated heterocycles. The largest absolute Gasteiger partial charge is 0.398 e. The van der Waals surface area contributed by atoms with Crippen molar-refractivity contribution >= 4 is 59.4 Å². The first-order valence-electron chi connectivity index (χ1n) is 5.40. The van der Waals surface area contributed by atoms with Crippen molar-refractivity contribution < 1.29 is 9.59 Å². The molecule has 0 aliphatic heterocycles. The molecule has 0 bridgehead atoms. The summed E-state index contributed by atoms with van der Waals surface area (Å²) in [5, 5.41) is 0. The fourth-order valence-corrected chi connectivity index (χ4v) is 2.34. The topological polar surface area (TPSA) is 60.2 Å². The number of hydrogen-bond donors (Lipinski definition) is 2. The van der Waals surface area contributed by atoms with Crippen LogP contribution in [0.15, 0.2) is 41.3 Å². The summed E-state index contributed by atoms with van der Waals surface area (Å²) in [6.07, 6.45) is 0. The van der Waals surface area contributed by atoms with Gasteiger partial charge in [0, 0.05) is 62.4 Å². The van der Waals surface area contributed by atoms with Crippen LogP contribution in [0.3, 0.4) is 0 Å². The van der Waals surface area contributed by atoms with Crippen molar-refractivity contribution in [2.75, 3.05) is 5.73 Å². The van der Waals surface area contributed by atoms with Crippen LogP contribution in [-0.4, -0.2) is 41.1 Å². The normalized spacial score (nSPS) is 12.5. The van der Waals surface area contributed by atoms with E-state index in [1.807, 2.05) is 0 Å². The Morgan fingerprint density at radius 2 is 1.32 bits per heavy atom. The van der Waals surface area contributed by atoms with E-state index in [0.717, 1.165) is 0 Å². The predicted octanol–water partition coefficient (Wildman–Crippen LogP) is 1.95. The van der Waals surface area contributed by atoms with Crippen molar-refractivity contribution in [3.05, 3.63) is 58.7 Å². The molecule has 0 heterocycles. The number of carbonyl (C=O) groups is 2. The summed E-state index contributed by atoms with van der Waals surface area (Å²) in [7, 11) is 0. The Hall–Kier alpha value is -1.07. The Labute approximate surface area is 137 Å². The first-order chi connectivity index (χ1) is 8.59. The van der Waals surface area contributed by atoms with Gasteiger partial charge in [0.25, 0.3) is 0 Å². The number of benzene rings is 2. The second-order valence-electron chi connectivity index (χ2n) is 4.16. The molecule has 3 rings (SSSR count). The van der Waals surface area contributed by atoms with Gasteiger partial charge in [-0.1, -0.05) is 24.3 Å². The Morgan fingerprint density at radius 1 is 0.842 bits per heavy atom. The maximum absolute atomic E-state index is 12.3. The summed E-state index contributed by atoms with van der Waals surface area (Å²) < 4.78 is 0. The molecule has 0 unspecified atom stereocenters. The van der Waals surface area contributed by atoms with Gasteiger partial charge in [-0.15, -0.1) is 12.6 Å². The number of thiol groups is 1. The number of nitrogen functional groups attached to an aromatic ring is 1. The number of carbonyl (C=O) groups excluding carboxylic acids is 2. The van der Waals surface area contributed by atoms with Gasteiger partial charge in [-0.05, 0) is 12.1 Å². The zero-order valence-electron chi connectivity index (χ0n) is 10.3. The molecule has 3 nitrogen and oxygen atoms in total. The molecule has 0 spiro atoms. The van der Waals surface area contributed by atoms with E-state index in [9.17, 15) is 9.59 Å². The minimum atomic E-state index is -0.166. The van der Waals surface area contributed by atoms with Gasteiger partial charge in [-0.25, -0.2) is 0 Å². The summed E-state index contributed by atoms with van der Waals surface area (Å²) in [5.41, 5.74) is 7.73. The van der Waals surface area contributed by atoms with Gasteiger partial charge >= 0.3 is 0 Å². The van der Waals surface area contributed by atoms with Crippen molar-refractivity contribution in [1.29, 1.82) is 0 Å². The molecule has 89 valence electrons. The fourth-order valence-electron chi connectivity index (χ4n) is 2.15. The second kappa shape index (κ2) is 5.13. The third kappa shape index (κ3) is 2.15. The van der Waals surface area contributed by atoms with E-state index in [4.69, 9.17) is 5.73 Å². The van der Waals surface area contributed by atoms with E-state index in [1.165, 1.54) is 6.07 Å². The van der Waals surface area contributed by atoms with E-state index in [2.05, 4.69) is 12.6 Å². The van der Waals surface area contributed by atoms with Gasteiger partial charge in [0.15, 0.2) is 11.6 Å². The standard InChI is InChI=1S/C14H9NO2S.Na/c15-11-5-9-10(6-12(11)18)14(17)8-4-2-1-3-7(8)13(9)16;/h1-6,18H,15H2;. The van der Waals surface area contributed by atoms with Gasteiger partial charge in [-0.2, -0.15) is 0 Å². The minimum Gasteiger partial charge on any atom is -0.398 e. The van der Waals surface area contributed by atoms with Crippen molar-refractivity contribution in [3.63, 3.8) is 0 Å². The van der Waals surface area contributed by atoms with Crippen LogP contribution in [-0.2, 0) is 0 Å². The average Bonchev–Trinajstić information content (AvgIpc) is 2.38. The zero-order valence-corrected chi connectivity index (χ0v) is 13.2. The molecule has 0 fully saturated rings. The van der Waals surface area contributed by atoms with E-state index in [0.29, 0.717) is 32.8 Å². The molecule has 1 aliphatic carbocycles. The Balaban J connectivity index is 0.00000133. The molecule has 2 aromatic carbocycles. The number of fused-ring (bicyclic) bond motifs is 2. The van der Waals surface area contributed by atoms with Crippen LogP contribution in [0.25, 0.3) is 0 Å². The molecule has 0 aromatic heterocycles. The number of rotatable bonds is 0. The van der Waals surface area contributed by atoms with Gasteiger partial charge < -0.3 is 5.73 Å². The van der Waals surface area contributed by atoms with Crippen LogP contribution in [0.1, 0.15) is 31.8 Å². The summed E-state index contributed by atoms with van der Waals surface area (Å²) in [4.78, 5) is 25.1. The van der Waals surface area contributed by atoms with Crippen LogP contribution in [0.4, 0.5) is 5.69 Å². The second-order valence-corrected chi connectivity index (χ2v) is 4.64. The van der Waals surface area contributed by atoms with E-state index in [-0.39, 0.29) is 41.1 Å². The smallest absolute Gasteiger partial charge is 0.194 e. The average molecular weight is 278 g/mol. The van der Waals surface area contributed by atoms with E-state index >= 15 is 0 Å². The molecular formula is C14H9NNaO2S. The number of anilines is 1. The van der Waals surface area contributed by atoms with E-state index < -0.39 is 0 Å². The first kappa shape index (κ1) is 14.3. The fraction of sp³-hybridized carbons (Fsp3) is 0. The Kier molecular flexibility index (Phi) is 3.87. The van der Waals surface area contributed by atoms with Gasteiger partial charge in [0.05, 0.1) is 0 Å². The number of nitrogens with two attached hydrogens (primary N) is 1. The molecule has 0 amide bonds. The molecule has 1 aliphatic rings. The van der Waals surface area contributed by atoms with Crippen LogP contribution in [0.5, 0.6) is 0 Å². The SMILES string of the molecule is Nc1cc2c(cc1S)C(=O)c1ccccc1C2=O.[Na]. The third-order valence-corrected chi connectivity index (χ3v) is 3.46. The predicted molar refractivity (Wildman–Crippen MR) is 77.2 cm³/mol. The van der Waals surface area contributed by atoms with Gasteiger partial charge in [0.1, 0.15) is 0 Å². The molecule has 2 aromatic rings. The zero-order chi connectivity index (χ0) is 12.9. The van der Waals surface area contributed by atoms with Crippen molar-refractivity contribution in [3.8, 4) is 0 Å². The number of ketones is 2. The maximum atomic E-state index is 12.3. The Morgan fingerprint density at radius 3 is 1.84 bits per heavy atom. The summed E-state index contributed by atoms with van der Waals surface area (Å²) in [5.74, 6) is -0.323. The number of hydrogen-bond acceptors (Lipinski definition) is 4. The molecular weight excluding hydrogens is 269 g/mol. The molecule has 19 heavy (non-hydrogen) atoms. The van der Waals surface area contributed by atoms with Crippen LogP contribution in [0, 0.1) is 0 Å². The molecule has 1 radical (unpaired) electrons. The summed E-state index contributed by atoms with van der Waals surface area (Å²) >= 11 is 4.18. The van der Waals surface area contributed by atoms with Crippen molar-refractivity contribution in [2.24, 2.45) is 0 Å². The van der Waals surface area contributed by atoms with Crippen LogP contribution < -0.4 is 5.73 Å². The third-order valence-electron chi connectivity index (χ3n) is 3.07. The molecule has 5 heteroatoms. The van der Waals surface area contributed by atoms with Crippen LogP contribution in [0.2, 0.25) is 0 Å². The molecule has 0 atom stereocenters. The maximum Gasteiger partial charge on any atom is 0.194 e. The van der Waals surface area contributed by atoms with Gasteiger partial charge in [-0.3, -0.25) is 9.59 Å². The minimum absolute atomic E-state index is 0. The van der Waals surface area contributed by atoms with Crippen molar-refractivity contribution in [2.45, 2.75) is 4.90 Å². The van der Waals surface area contributed by atoms with Crippen molar-refractivity contribution in [1.82, 2.24) is 0 Å². The van der Waals surface area contributed by atoms with Gasteiger partial charge in [0.2, 0.25) is 0 Å². The summed E-state index contributed by atoms with van der Waals surface area (Å²) in [6.45, 7) is 0. The van der Waals surface area contributed by atoms with E-state index in [1.54, 1.807) is 30.3 Å². The molecule has 2 N–H and O–H groups in total. The monoisotopic (exact) mass is 278 g/mol. The van der Waals surface area contributed by atoms with Crippen LogP contribution >= 0.6 is 12.6 Å². The molecule has 0 saturated carbocycles. The Bertz CT molecular complexity index is 653. The summed E-state index contributed by atoms with van der Waals surface area (Å²) in [6, 6.07) is 9.88. The quantitative estimate of drug-likeness (QED) is 0.375.